The van der Waals surface area contributed by atoms with Gasteiger partial charge in [0.1, 0.15) is 6.54 Å². The molecule has 1 saturated carbocycles. The topological polar surface area (TPSA) is 75.0 Å². The number of hydrogen-bond acceptors (Lipinski definition) is 4. The molecule has 2 aliphatic rings. The summed E-state index contributed by atoms with van der Waals surface area (Å²) in [6.07, 6.45) is 8.93. The van der Waals surface area contributed by atoms with Crippen LogP contribution in [0.1, 0.15) is 25.7 Å². The molecule has 0 radical (unpaired) electrons. The van der Waals surface area contributed by atoms with Crippen LogP contribution < -0.4 is 10.2 Å². The molecular weight excluding hydrogens is 447 g/mol. The monoisotopic (exact) mass is 476 g/mol. The lowest BCUT2D eigenvalue weighted by Gasteiger charge is -2.35. The number of aromatic nitrogens is 2. The number of guanidine groups is 1. The third-order valence-electron chi connectivity index (χ3n) is 4.78. The number of anilines is 1. The Balaban J connectivity index is 0.00000243. The Labute approximate surface area is 172 Å². The van der Waals surface area contributed by atoms with Gasteiger partial charge in [-0.25, -0.2) is 0 Å². The van der Waals surface area contributed by atoms with Crippen molar-refractivity contribution in [1.82, 2.24) is 20.0 Å². The van der Waals surface area contributed by atoms with Crippen molar-refractivity contribution in [3.8, 4) is 0 Å². The molecule has 1 amide bonds. The number of piperazine rings is 1. The van der Waals surface area contributed by atoms with Crippen LogP contribution in [0.4, 0.5) is 5.69 Å². The Morgan fingerprint density at radius 2 is 2.15 bits per heavy atom. The van der Waals surface area contributed by atoms with Gasteiger partial charge < -0.3 is 19.9 Å². The quantitative estimate of drug-likeness (QED) is 0.300. The fourth-order valence-electron chi connectivity index (χ4n) is 3.45. The number of nitrogens with one attached hydrogen (secondary N) is 1. The van der Waals surface area contributed by atoms with Gasteiger partial charge in [0.2, 0.25) is 5.91 Å². The van der Waals surface area contributed by atoms with Gasteiger partial charge in [-0.15, -0.1) is 24.0 Å². The highest BCUT2D eigenvalue weighted by atomic mass is 127. The molecule has 146 valence electrons. The normalized spacial score (nSPS) is 19.0. The van der Waals surface area contributed by atoms with Crippen molar-refractivity contribution in [2.24, 2.45) is 12.0 Å². The van der Waals surface area contributed by atoms with Crippen molar-refractivity contribution in [3.63, 3.8) is 0 Å². The molecule has 1 saturated heterocycles. The van der Waals surface area contributed by atoms with Gasteiger partial charge >= 0.3 is 0 Å². The van der Waals surface area contributed by atoms with Crippen molar-refractivity contribution in [3.05, 3.63) is 12.4 Å². The van der Waals surface area contributed by atoms with Crippen molar-refractivity contribution in [2.75, 3.05) is 44.7 Å². The lowest BCUT2D eigenvalue weighted by molar-refractivity contribution is -0.120. The van der Waals surface area contributed by atoms with Gasteiger partial charge in [0, 0.05) is 39.9 Å². The zero-order chi connectivity index (χ0) is 17.6. The summed E-state index contributed by atoms with van der Waals surface area (Å²) in [6.45, 7) is 3.07. The Bertz CT molecular complexity index is 614. The van der Waals surface area contributed by atoms with Crippen LogP contribution in [0.5, 0.6) is 0 Å². The first-order valence-electron chi connectivity index (χ1n) is 9.03. The minimum atomic E-state index is 0. The smallest absolute Gasteiger partial charge is 0.246 e. The van der Waals surface area contributed by atoms with Gasteiger partial charge in [-0.2, -0.15) is 5.10 Å². The summed E-state index contributed by atoms with van der Waals surface area (Å²) < 4.78 is 7.57. The summed E-state index contributed by atoms with van der Waals surface area (Å²) in [5, 5.41) is 7.44. The zero-order valence-electron chi connectivity index (χ0n) is 15.6. The minimum absolute atomic E-state index is 0. The molecule has 0 bridgehead atoms. The van der Waals surface area contributed by atoms with Crippen LogP contribution >= 0.6 is 24.0 Å². The van der Waals surface area contributed by atoms with Gasteiger partial charge in [-0.1, -0.05) is 12.8 Å². The van der Waals surface area contributed by atoms with E-state index in [1.54, 1.807) is 22.8 Å². The van der Waals surface area contributed by atoms with Gasteiger partial charge in [-0.05, 0) is 12.8 Å². The highest BCUT2D eigenvalue weighted by Crippen LogP contribution is 2.20. The highest BCUT2D eigenvalue weighted by Gasteiger charge is 2.27. The Hall–Kier alpha value is -1.36. The standard InChI is InChI=1S/C17H28N6O2.HI/c1-18-17(19-7-10-25-15-5-3-4-6-15)22-8-9-23(16(24)13-22)14-11-20-21(2)12-14;/h11-12,15H,3-10,13H2,1-2H3,(H,18,19);1H. The number of carbonyl (C=O) groups excluding carboxylic acids is 1. The van der Waals surface area contributed by atoms with E-state index >= 15 is 0 Å². The molecule has 0 unspecified atom stereocenters. The van der Waals surface area contributed by atoms with Gasteiger partial charge in [-0.3, -0.25) is 14.5 Å². The Morgan fingerprint density at radius 1 is 1.38 bits per heavy atom. The second-order valence-corrected chi connectivity index (χ2v) is 6.59. The van der Waals surface area contributed by atoms with E-state index in [1.807, 2.05) is 18.1 Å². The molecule has 9 heteroatoms. The van der Waals surface area contributed by atoms with Crippen molar-refractivity contribution < 1.29 is 9.53 Å². The van der Waals surface area contributed by atoms with Crippen LogP contribution in [-0.4, -0.2) is 72.5 Å². The SMILES string of the molecule is CN=C(NCCOC1CCCC1)N1CCN(c2cnn(C)c2)C(=O)C1.I. The number of ether oxygens (including phenoxy) is 1. The predicted octanol–water partition coefficient (Wildman–Crippen LogP) is 1.22. The molecule has 26 heavy (non-hydrogen) atoms. The second kappa shape index (κ2) is 10.1. The molecule has 1 aromatic rings. The van der Waals surface area contributed by atoms with E-state index in [0.717, 1.165) is 18.2 Å². The number of aryl methyl sites for hydroxylation is 1. The molecule has 2 fully saturated rings. The predicted molar refractivity (Wildman–Crippen MR) is 112 cm³/mol. The summed E-state index contributed by atoms with van der Waals surface area (Å²) in [5.74, 6) is 0.818. The maximum atomic E-state index is 12.5. The lowest BCUT2D eigenvalue weighted by Crippen LogP contribution is -2.55. The molecule has 2 heterocycles. The highest BCUT2D eigenvalue weighted by molar-refractivity contribution is 14.0. The number of halogens is 1. The van der Waals surface area contributed by atoms with E-state index in [-0.39, 0.29) is 29.9 Å². The molecule has 3 rings (SSSR count). The van der Waals surface area contributed by atoms with Crippen molar-refractivity contribution in [1.29, 1.82) is 0 Å². The van der Waals surface area contributed by atoms with Crippen LogP contribution in [0.25, 0.3) is 0 Å². The summed E-state index contributed by atoms with van der Waals surface area (Å²) >= 11 is 0. The van der Waals surface area contributed by atoms with Crippen molar-refractivity contribution >= 4 is 41.5 Å². The molecule has 1 N–H and O–H groups in total. The number of amides is 1. The molecule has 1 aliphatic carbocycles. The minimum Gasteiger partial charge on any atom is -0.376 e. The van der Waals surface area contributed by atoms with E-state index in [9.17, 15) is 4.79 Å². The fourth-order valence-corrected chi connectivity index (χ4v) is 3.45. The maximum Gasteiger partial charge on any atom is 0.246 e. The summed E-state index contributed by atoms with van der Waals surface area (Å²) in [4.78, 5) is 20.6. The Morgan fingerprint density at radius 3 is 2.77 bits per heavy atom. The van der Waals surface area contributed by atoms with Gasteiger partial charge in [0.25, 0.3) is 0 Å². The first-order valence-corrected chi connectivity index (χ1v) is 9.03. The number of nitrogens with zero attached hydrogens (tertiary/aromatic N) is 5. The molecular formula is C17H29IN6O2. The number of carbonyl (C=O) groups is 1. The average molecular weight is 476 g/mol. The molecule has 1 aliphatic heterocycles. The van der Waals surface area contributed by atoms with Crippen LogP contribution in [0.15, 0.2) is 17.4 Å². The Kier molecular flexibility index (Phi) is 8.14. The third-order valence-corrected chi connectivity index (χ3v) is 4.78. The van der Waals surface area contributed by atoms with Crippen LogP contribution in [0, 0.1) is 0 Å². The fraction of sp³-hybridized carbons (Fsp3) is 0.706. The largest absolute Gasteiger partial charge is 0.376 e. The average Bonchev–Trinajstić information content (AvgIpc) is 3.26. The van der Waals surface area contributed by atoms with E-state index in [0.29, 0.717) is 32.3 Å². The van der Waals surface area contributed by atoms with E-state index in [2.05, 4.69) is 15.4 Å². The van der Waals surface area contributed by atoms with Crippen LogP contribution in [0.2, 0.25) is 0 Å². The summed E-state index contributed by atoms with van der Waals surface area (Å²) in [7, 11) is 3.60. The van der Waals surface area contributed by atoms with Gasteiger partial charge in [0.05, 0.1) is 24.6 Å². The van der Waals surface area contributed by atoms with Crippen LogP contribution in [-0.2, 0) is 16.6 Å². The lowest BCUT2D eigenvalue weighted by atomic mass is 10.3. The summed E-state index contributed by atoms with van der Waals surface area (Å²) in [5.41, 5.74) is 0.847. The molecule has 0 atom stereocenters. The second-order valence-electron chi connectivity index (χ2n) is 6.59. The number of rotatable bonds is 5. The third kappa shape index (κ3) is 5.32. The number of hydrogen-bond donors (Lipinski definition) is 1. The first kappa shape index (κ1) is 20.9. The molecule has 1 aromatic heterocycles. The first-order chi connectivity index (χ1) is 12.2. The zero-order valence-corrected chi connectivity index (χ0v) is 17.9. The van der Waals surface area contributed by atoms with E-state index in [1.165, 1.54) is 25.7 Å². The number of aliphatic imine (C=N–C) groups is 1. The van der Waals surface area contributed by atoms with E-state index in [4.69, 9.17) is 4.74 Å². The van der Waals surface area contributed by atoms with Gasteiger partial charge in [0.15, 0.2) is 5.96 Å². The summed E-state index contributed by atoms with van der Waals surface area (Å²) in [6, 6.07) is 0. The van der Waals surface area contributed by atoms with E-state index < -0.39 is 0 Å². The molecule has 0 spiro atoms. The molecule has 0 aromatic carbocycles. The maximum absolute atomic E-state index is 12.5. The van der Waals surface area contributed by atoms with Crippen molar-refractivity contribution in [2.45, 2.75) is 31.8 Å². The van der Waals surface area contributed by atoms with Crippen LogP contribution in [0.3, 0.4) is 0 Å². The molecule has 8 nitrogen and oxygen atoms in total.